The topological polar surface area (TPSA) is 157 Å². The van der Waals surface area contributed by atoms with Crippen LogP contribution in [0, 0.1) is 0 Å². The van der Waals surface area contributed by atoms with Gasteiger partial charge in [0.2, 0.25) is 23.5 Å². The Morgan fingerprint density at radius 2 is 1.28 bits per heavy atom. The van der Waals surface area contributed by atoms with E-state index in [2.05, 4.69) is 10.3 Å². The molecule has 0 aliphatic carbocycles. The van der Waals surface area contributed by atoms with Crippen molar-refractivity contribution < 1.29 is 20.0 Å². The fraction of sp³-hybridized carbons (Fsp3) is 0.500. The zero-order chi connectivity index (χ0) is 13.4. The number of rotatable bonds is 2. The summed E-state index contributed by atoms with van der Waals surface area (Å²) in [6.07, 6.45) is 0. The van der Waals surface area contributed by atoms with Crippen molar-refractivity contribution in [2.75, 3.05) is 13.1 Å². The molecule has 2 heterocycles. The summed E-state index contributed by atoms with van der Waals surface area (Å²) >= 11 is 0. The number of primary amides is 2. The fourth-order valence-corrected chi connectivity index (χ4v) is 1.69. The third-order valence-corrected chi connectivity index (χ3v) is 2.81. The number of carbonyl (C=O) groups is 2. The lowest BCUT2D eigenvalue weighted by atomic mass is 10.4. The van der Waals surface area contributed by atoms with Crippen molar-refractivity contribution in [3.05, 3.63) is 0 Å². The molecule has 2 atom stereocenters. The highest BCUT2D eigenvalue weighted by Crippen LogP contribution is 2.24. The Hall–Kier alpha value is -2.52. The molecule has 0 saturated carbocycles. The van der Waals surface area contributed by atoms with E-state index >= 15 is 0 Å². The van der Waals surface area contributed by atoms with Gasteiger partial charge in [0.1, 0.15) is 12.1 Å². The van der Waals surface area contributed by atoms with E-state index in [4.69, 9.17) is 21.9 Å². The van der Waals surface area contributed by atoms with Crippen LogP contribution in [0.15, 0.2) is 10.3 Å². The molecule has 2 fully saturated rings. The Morgan fingerprint density at radius 3 is 1.44 bits per heavy atom. The first-order valence-electron chi connectivity index (χ1n) is 5.07. The highest BCUT2D eigenvalue weighted by molar-refractivity contribution is 6.42. The van der Waals surface area contributed by atoms with Gasteiger partial charge in [-0.25, -0.2) is 0 Å². The van der Waals surface area contributed by atoms with Gasteiger partial charge in [-0.05, 0) is 0 Å². The lowest BCUT2D eigenvalue weighted by Crippen LogP contribution is -2.35. The van der Waals surface area contributed by atoms with Crippen LogP contribution in [-0.2, 0) is 9.59 Å². The van der Waals surface area contributed by atoms with Gasteiger partial charge in [0.25, 0.3) is 0 Å². The summed E-state index contributed by atoms with van der Waals surface area (Å²) in [6, 6.07) is -1.20. The van der Waals surface area contributed by atoms with Crippen LogP contribution in [-0.4, -0.2) is 68.9 Å². The summed E-state index contributed by atoms with van der Waals surface area (Å²) < 4.78 is 0. The summed E-state index contributed by atoms with van der Waals surface area (Å²) in [7, 11) is 0. The van der Waals surface area contributed by atoms with Gasteiger partial charge in [0.15, 0.2) is 0 Å². The number of hydrogen-bond acceptors (Lipinski definition) is 6. The van der Waals surface area contributed by atoms with Gasteiger partial charge in [0.05, 0.1) is 0 Å². The van der Waals surface area contributed by atoms with E-state index in [1.165, 1.54) is 9.80 Å². The average molecular weight is 256 g/mol. The molecule has 0 aromatic rings. The Balaban J connectivity index is 2.09. The van der Waals surface area contributed by atoms with Crippen LogP contribution < -0.4 is 11.5 Å². The molecule has 0 radical (unpaired) electrons. The maximum absolute atomic E-state index is 10.9. The van der Waals surface area contributed by atoms with Gasteiger partial charge >= 0.3 is 0 Å². The van der Waals surface area contributed by atoms with Crippen molar-refractivity contribution >= 4 is 23.5 Å². The Morgan fingerprint density at radius 1 is 0.944 bits per heavy atom. The van der Waals surface area contributed by atoms with Gasteiger partial charge < -0.3 is 31.7 Å². The number of nitrogens with two attached hydrogens (primary N) is 2. The predicted octanol–water partition coefficient (Wildman–Crippen LogP) is -3.10. The smallest absolute Gasteiger partial charge is 0.242 e. The fourth-order valence-electron chi connectivity index (χ4n) is 1.69. The number of hydrogen-bond donors (Lipinski definition) is 4. The van der Waals surface area contributed by atoms with Gasteiger partial charge in [-0.15, -0.1) is 0 Å². The van der Waals surface area contributed by atoms with Crippen molar-refractivity contribution in [1.82, 2.24) is 9.80 Å². The first kappa shape index (κ1) is 12.0. The normalized spacial score (nSPS) is 27.1. The average Bonchev–Trinajstić information content (AvgIpc) is 3.15. The Bertz CT molecular complexity index is 419. The van der Waals surface area contributed by atoms with E-state index in [0.717, 1.165) is 0 Å². The molecule has 6 N–H and O–H groups in total. The molecule has 0 spiro atoms. The van der Waals surface area contributed by atoms with Crippen molar-refractivity contribution in [2.24, 2.45) is 21.8 Å². The summed E-state index contributed by atoms with van der Waals surface area (Å²) in [4.78, 5) is 24.5. The highest BCUT2D eigenvalue weighted by Gasteiger charge is 2.50. The number of oxime groups is 2. The first-order valence-corrected chi connectivity index (χ1v) is 5.07. The Kier molecular flexibility index (Phi) is 2.69. The van der Waals surface area contributed by atoms with Crippen LogP contribution in [0.1, 0.15) is 0 Å². The van der Waals surface area contributed by atoms with Crippen LogP contribution in [0.3, 0.4) is 0 Å². The summed E-state index contributed by atoms with van der Waals surface area (Å²) in [5, 5.41) is 23.7. The van der Waals surface area contributed by atoms with Crippen LogP contribution in [0.25, 0.3) is 0 Å². The molecule has 2 saturated heterocycles. The molecule has 2 aliphatic rings. The van der Waals surface area contributed by atoms with Crippen molar-refractivity contribution in [1.29, 1.82) is 0 Å². The van der Waals surface area contributed by atoms with Crippen LogP contribution in [0.4, 0.5) is 0 Å². The van der Waals surface area contributed by atoms with E-state index in [1.807, 2.05) is 0 Å². The maximum Gasteiger partial charge on any atom is 0.242 e. The molecule has 98 valence electrons. The van der Waals surface area contributed by atoms with E-state index < -0.39 is 23.9 Å². The molecule has 18 heavy (non-hydrogen) atoms. The third-order valence-electron chi connectivity index (χ3n) is 2.81. The largest absolute Gasteiger partial charge is 0.409 e. The highest BCUT2D eigenvalue weighted by atomic mass is 16.4. The predicted molar refractivity (Wildman–Crippen MR) is 57.8 cm³/mol. The molecule has 2 unspecified atom stereocenters. The molecular weight excluding hydrogens is 244 g/mol. The third kappa shape index (κ3) is 1.87. The summed E-state index contributed by atoms with van der Waals surface area (Å²) in [6.45, 7) is 0.533. The standard InChI is InChI=1S/C8H12N6O4/c9-5(15)3-1-13(3)7(11-17)8(12-18)14-2-4(14)6(10)16/h3-4,17-18H,1-2H2,(H2,9,15)(H2,10,16)/b11-7-,12-8-. The molecule has 10 heteroatoms. The monoisotopic (exact) mass is 256 g/mol. The minimum absolute atomic E-state index is 0.120. The van der Waals surface area contributed by atoms with Gasteiger partial charge in [-0.1, -0.05) is 10.3 Å². The van der Waals surface area contributed by atoms with E-state index in [1.54, 1.807) is 0 Å². The maximum atomic E-state index is 10.9. The quantitative estimate of drug-likeness (QED) is 0.135. The number of amidine groups is 2. The summed E-state index contributed by atoms with van der Waals surface area (Å²) in [5.74, 6) is -1.40. The van der Waals surface area contributed by atoms with Crippen molar-refractivity contribution in [3.63, 3.8) is 0 Å². The second kappa shape index (κ2) is 4.05. The SMILES string of the molecule is NC(=O)C1CN1C(=N\O)/C(=N/O)N1CC1C(N)=O. The van der Waals surface area contributed by atoms with E-state index in [-0.39, 0.29) is 24.8 Å². The molecule has 0 bridgehead atoms. The van der Waals surface area contributed by atoms with E-state index in [9.17, 15) is 9.59 Å². The van der Waals surface area contributed by atoms with Gasteiger partial charge in [0, 0.05) is 13.1 Å². The number of amides is 2. The zero-order valence-corrected chi connectivity index (χ0v) is 9.22. The second-order valence-electron chi connectivity index (χ2n) is 3.99. The van der Waals surface area contributed by atoms with Crippen LogP contribution >= 0.6 is 0 Å². The molecule has 0 aromatic carbocycles. The molecule has 2 amide bonds. The Labute approximate surface area is 101 Å². The van der Waals surface area contributed by atoms with Gasteiger partial charge in [-0.3, -0.25) is 9.59 Å². The number of carbonyl (C=O) groups excluding carboxylic acids is 2. The second-order valence-corrected chi connectivity index (χ2v) is 3.99. The molecular formula is C8H12N6O4. The zero-order valence-electron chi connectivity index (χ0n) is 9.22. The minimum Gasteiger partial charge on any atom is -0.409 e. The van der Waals surface area contributed by atoms with Gasteiger partial charge in [-0.2, -0.15) is 0 Å². The summed E-state index contributed by atoms with van der Waals surface area (Å²) in [5.41, 5.74) is 10.2. The molecule has 0 aromatic heterocycles. The number of nitrogens with zero attached hydrogens (tertiary/aromatic N) is 4. The minimum atomic E-state index is -0.598. The van der Waals surface area contributed by atoms with Crippen molar-refractivity contribution in [2.45, 2.75) is 12.1 Å². The van der Waals surface area contributed by atoms with Crippen LogP contribution in [0.2, 0.25) is 0 Å². The lowest BCUT2D eigenvalue weighted by Gasteiger charge is -2.10. The first-order chi connectivity index (χ1) is 8.51. The molecule has 2 rings (SSSR count). The lowest BCUT2D eigenvalue weighted by molar-refractivity contribution is -0.118. The molecule has 10 nitrogen and oxygen atoms in total. The van der Waals surface area contributed by atoms with Crippen LogP contribution in [0.5, 0.6) is 0 Å². The van der Waals surface area contributed by atoms with E-state index in [0.29, 0.717) is 0 Å². The van der Waals surface area contributed by atoms with Crippen molar-refractivity contribution in [3.8, 4) is 0 Å². The molecule has 2 aliphatic heterocycles.